The molecule has 1 amide bonds. The number of anilines is 4. The zero-order valence-electron chi connectivity index (χ0n) is 18.3. The monoisotopic (exact) mass is 433 g/mol. The van der Waals surface area contributed by atoms with Gasteiger partial charge in [-0.05, 0) is 73.6 Å². The van der Waals surface area contributed by atoms with Crippen LogP contribution in [0, 0.1) is 23.7 Å². The van der Waals surface area contributed by atoms with Gasteiger partial charge < -0.3 is 26.0 Å². The maximum absolute atomic E-state index is 12.1. The number of morpholine rings is 1. The number of benzene rings is 1. The van der Waals surface area contributed by atoms with Crippen LogP contribution in [0.5, 0.6) is 0 Å². The normalized spacial score (nSPS) is 30.5. The number of hydrogen-bond donors (Lipinski definition) is 3. The third kappa shape index (κ3) is 3.58. The molecule has 7 rings (SSSR count). The third-order valence-corrected chi connectivity index (χ3v) is 8.07. The van der Waals surface area contributed by atoms with Crippen LogP contribution >= 0.6 is 0 Å². The van der Waals surface area contributed by atoms with Gasteiger partial charge >= 0.3 is 0 Å². The van der Waals surface area contributed by atoms with E-state index < -0.39 is 5.91 Å². The summed E-state index contributed by atoms with van der Waals surface area (Å²) in [4.78, 5) is 18.9. The first-order chi connectivity index (χ1) is 15.6. The van der Waals surface area contributed by atoms with E-state index in [1.165, 1.54) is 31.4 Å². The van der Waals surface area contributed by atoms with Gasteiger partial charge in [0.15, 0.2) is 0 Å². The Balaban J connectivity index is 1.20. The Kier molecular flexibility index (Phi) is 4.94. The second-order valence-corrected chi connectivity index (χ2v) is 9.91. The smallest absolute Gasteiger partial charge is 0.252 e. The molecule has 0 spiro atoms. The van der Waals surface area contributed by atoms with Crippen molar-refractivity contribution in [3.05, 3.63) is 42.1 Å². The maximum Gasteiger partial charge on any atom is 0.252 e. The van der Waals surface area contributed by atoms with Crippen molar-refractivity contribution < 1.29 is 9.53 Å². The van der Waals surface area contributed by atoms with Crippen LogP contribution in [-0.4, -0.2) is 43.2 Å². The summed E-state index contributed by atoms with van der Waals surface area (Å²) in [6.45, 7) is 3.39. The van der Waals surface area contributed by atoms with E-state index in [4.69, 9.17) is 10.5 Å². The van der Waals surface area contributed by atoms with Crippen molar-refractivity contribution >= 4 is 28.8 Å². The van der Waals surface area contributed by atoms with E-state index >= 15 is 0 Å². The molecule has 5 aliphatic rings. The number of rotatable bonds is 6. The lowest BCUT2D eigenvalue weighted by atomic mass is 9.79. The van der Waals surface area contributed by atoms with Crippen molar-refractivity contribution in [1.82, 2.24) is 4.98 Å². The van der Waals surface area contributed by atoms with Crippen molar-refractivity contribution in [2.24, 2.45) is 29.4 Å². The predicted octanol–water partition coefficient (Wildman–Crippen LogP) is 3.61. The summed E-state index contributed by atoms with van der Waals surface area (Å²) in [7, 11) is 0. The molecule has 7 heteroatoms. The van der Waals surface area contributed by atoms with Crippen molar-refractivity contribution in [1.29, 1.82) is 0 Å². The third-order valence-electron chi connectivity index (χ3n) is 8.07. The van der Waals surface area contributed by atoms with E-state index in [2.05, 4.69) is 44.8 Å². The molecule has 0 radical (unpaired) electrons. The first-order valence-corrected chi connectivity index (χ1v) is 11.9. The zero-order chi connectivity index (χ0) is 21.7. The lowest BCUT2D eigenvalue weighted by molar-refractivity contribution is 0.100. The average Bonchev–Trinajstić information content (AvgIpc) is 3.22. The molecular formula is C25H31N5O2. The van der Waals surface area contributed by atoms with Crippen LogP contribution in [0.3, 0.4) is 0 Å². The van der Waals surface area contributed by atoms with Gasteiger partial charge in [-0.15, -0.1) is 0 Å². The van der Waals surface area contributed by atoms with Gasteiger partial charge in [0.25, 0.3) is 5.91 Å². The Bertz CT molecular complexity index is 1000. The number of hydrogen-bond acceptors (Lipinski definition) is 6. The van der Waals surface area contributed by atoms with Crippen molar-refractivity contribution in [3.8, 4) is 0 Å². The molecule has 4 bridgehead atoms. The molecule has 4 N–H and O–H groups in total. The van der Waals surface area contributed by atoms with E-state index in [9.17, 15) is 4.79 Å². The molecule has 2 heterocycles. The van der Waals surface area contributed by atoms with Crippen LogP contribution in [-0.2, 0) is 4.74 Å². The molecule has 4 saturated carbocycles. The number of nitrogens with two attached hydrogens (primary N) is 1. The lowest BCUT2D eigenvalue weighted by Crippen LogP contribution is -2.36. The molecule has 5 fully saturated rings. The highest BCUT2D eigenvalue weighted by Crippen LogP contribution is 2.58. The average molecular weight is 434 g/mol. The molecule has 1 aromatic heterocycles. The molecule has 5 unspecified atom stereocenters. The molecule has 1 saturated heterocycles. The van der Waals surface area contributed by atoms with Crippen molar-refractivity contribution in [2.75, 3.05) is 41.8 Å². The molecule has 4 aliphatic carbocycles. The molecule has 32 heavy (non-hydrogen) atoms. The second-order valence-electron chi connectivity index (χ2n) is 9.91. The number of carbonyl (C=O) groups excluding carboxylic acids is 1. The number of pyridine rings is 1. The Morgan fingerprint density at radius 3 is 2.59 bits per heavy atom. The Morgan fingerprint density at radius 2 is 1.84 bits per heavy atom. The molecule has 168 valence electrons. The first kappa shape index (κ1) is 19.9. The molecule has 1 aromatic carbocycles. The minimum atomic E-state index is -0.436. The molecule has 1 aliphatic heterocycles. The van der Waals surface area contributed by atoms with E-state index in [1.54, 1.807) is 6.20 Å². The summed E-state index contributed by atoms with van der Waals surface area (Å²) in [6.07, 6.45) is 6.97. The van der Waals surface area contributed by atoms with Gasteiger partial charge in [-0.3, -0.25) is 4.79 Å². The molecule has 5 atom stereocenters. The first-order valence-electron chi connectivity index (χ1n) is 11.9. The van der Waals surface area contributed by atoms with Gasteiger partial charge in [-0.2, -0.15) is 0 Å². The SMILES string of the molecule is NC(=O)c1cnc(Nc2ccc(N3CCOCC3)cc2)cc1NC1C2CC3CC(C2)C1C3. The van der Waals surface area contributed by atoms with Crippen LogP contribution < -0.4 is 21.3 Å². The van der Waals surface area contributed by atoms with Gasteiger partial charge in [0.1, 0.15) is 5.82 Å². The van der Waals surface area contributed by atoms with Crippen LogP contribution in [0.1, 0.15) is 36.0 Å². The highest BCUT2D eigenvalue weighted by molar-refractivity contribution is 5.98. The van der Waals surface area contributed by atoms with Crippen LogP contribution in [0.2, 0.25) is 0 Å². The Labute approximate surface area is 188 Å². The standard InChI is InChI=1S/C25H31N5O2/c26-25(31)21-14-27-23(28-18-1-3-19(4-2-18)30-5-7-32-8-6-30)13-22(21)29-24-17-10-15-9-16(12-17)20(24)11-15/h1-4,13-17,20,24H,5-12H2,(H2,26,31)(H2,27,28,29). The van der Waals surface area contributed by atoms with Gasteiger partial charge in [0, 0.05) is 42.8 Å². The van der Waals surface area contributed by atoms with Crippen LogP contribution in [0.25, 0.3) is 0 Å². The van der Waals surface area contributed by atoms with Crippen molar-refractivity contribution in [3.63, 3.8) is 0 Å². The predicted molar refractivity (Wildman–Crippen MR) is 125 cm³/mol. The molecule has 2 aromatic rings. The largest absolute Gasteiger partial charge is 0.381 e. The summed E-state index contributed by atoms with van der Waals surface area (Å²) in [6, 6.07) is 10.8. The number of nitrogens with one attached hydrogen (secondary N) is 2. The van der Waals surface area contributed by atoms with Gasteiger partial charge in [0.2, 0.25) is 0 Å². The minimum Gasteiger partial charge on any atom is -0.381 e. The maximum atomic E-state index is 12.1. The van der Waals surface area contributed by atoms with Crippen LogP contribution in [0.15, 0.2) is 36.5 Å². The van der Waals surface area contributed by atoms with Gasteiger partial charge in [-0.25, -0.2) is 4.98 Å². The minimum absolute atomic E-state index is 0.436. The zero-order valence-corrected chi connectivity index (χ0v) is 18.3. The second kappa shape index (κ2) is 7.96. The number of carbonyl (C=O) groups is 1. The quantitative estimate of drug-likeness (QED) is 0.645. The van der Waals surface area contributed by atoms with Gasteiger partial charge in [-0.1, -0.05) is 0 Å². The Hall–Kier alpha value is -2.80. The summed E-state index contributed by atoms with van der Waals surface area (Å²) in [5.41, 5.74) is 9.11. The number of primary amides is 1. The number of ether oxygens (including phenoxy) is 1. The highest BCUT2D eigenvalue weighted by atomic mass is 16.5. The fraction of sp³-hybridized carbons (Fsp3) is 0.520. The highest BCUT2D eigenvalue weighted by Gasteiger charge is 2.53. The summed E-state index contributed by atoms with van der Waals surface area (Å²) < 4.78 is 5.44. The number of amides is 1. The molecular weight excluding hydrogens is 402 g/mol. The van der Waals surface area contributed by atoms with Gasteiger partial charge in [0.05, 0.1) is 24.5 Å². The summed E-state index contributed by atoms with van der Waals surface area (Å²) >= 11 is 0. The Morgan fingerprint density at radius 1 is 1.06 bits per heavy atom. The summed E-state index contributed by atoms with van der Waals surface area (Å²) in [5, 5.41) is 7.12. The number of nitrogens with zero attached hydrogens (tertiary/aromatic N) is 2. The molecule has 7 nitrogen and oxygen atoms in total. The van der Waals surface area contributed by atoms with Crippen molar-refractivity contribution in [2.45, 2.75) is 31.7 Å². The van der Waals surface area contributed by atoms with E-state index in [0.29, 0.717) is 17.4 Å². The number of aromatic nitrogens is 1. The van der Waals surface area contributed by atoms with E-state index in [0.717, 1.165) is 61.3 Å². The summed E-state index contributed by atoms with van der Waals surface area (Å²) in [5.74, 6) is 3.51. The fourth-order valence-electron chi connectivity index (χ4n) is 6.70. The van der Waals surface area contributed by atoms with E-state index in [-0.39, 0.29) is 0 Å². The fourth-order valence-corrected chi connectivity index (χ4v) is 6.70. The van der Waals surface area contributed by atoms with Crippen LogP contribution in [0.4, 0.5) is 22.9 Å². The van der Waals surface area contributed by atoms with E-state index in [1.807, 2.05) is 6.07 Å². The lowest BCUT2D eigenvalue weighted by Gasteiger charge is -2.33. The topological polar surface area (TPSA) is 92.5 Å².